The maximum Gasteiger partial charge on any atom is 0.355 e. The van der Waals surface area contributed by atoms with Crippen molar-refractivity contribution in [2.45, 2.75) is 40.2 Å². The molecule has 0 aromatic carbocycles. The Kier molecular flexibility index (Phi) is 5.52. The number of piperidine rings is 1. The number of rotatable bonds is 5. The third kappa shape index (κ3) is 4.27. The molecule has 1 saturated heterocycles. The largest absolute Gasteiger partial charge is 0.476 e. The number of hydrogen-bond acceptors (Lipinski definition) is 5. The van der Waals surface area contributed by atoms with Crippen molar-refractivity contribution in [1.82, 2.24) is 9.88 Å². The molecule has 2 rings (SSSR count). The highest BCUT2D eigenvalue weighted by molar-refractivity contribution is 7.16. The molecule has 2 atom stereocenters. The van der Waals surface area contributed by atoms with Gasteiger partial charge in [0.2, 0.25) is 5.91 Å². The summed E-state index contributed by atoms with van der Waals surface area (Å²) in [5.41, 5.74) is 0.0577. The lowest BCUT2D eigenvalue weighted by molar-refractivity contribution is -0.115. The summed E-state index contributed by atoms with van der Waals surface area (Å²) in [6.45, 7) is 8.71. The Morgan fingerprint density at radius 2 is 2.00 bits per heavy atom. The Balaban J connectivity index is 2.14. The van der Waals surface area contributed by atoms with E-state index in [9.17, 15) is 14.7 Å². The van der Waals surface area contributed by atoms with Gasteiger partial charge in [0, 0.05) is 26.1 Å². The van der Waals surface area contributed by atoms with Crippen LogP contribution in [0.5, 0.6) is 0 Å². The minimum Gasteiger partial charge on any atom is -0.476 e. The van der Waals surface area contributed by atoms with Crippen LogP contribution in [-0.4, -0.2) is 40.0 Å². The van der Waals surface area contributed by atoms with Crippen LogP contribution < -0.4 is 5.32 Å². The first kappa shape index (κ1) is 16.9. The van der Waals surface area contributed by atoms with E-state index in [0.717, 1.165) is 13.1 Å². The van der Waals surface area contributed by atoms with Gasteiger partial charge in [-0.25, -0.2) is 9.78 Å². The van der Waals surface area contributed by atoms with Gasteiger partial charge in [-0.1, -0.05) is 32.1 Å². The Morgan fingerprint density at radius 1 is 1.36 bits per heavy atom. The molecule has 2 N–H and O–H groups in total. The fourth-order valence-electron chi connectivity index (χ4n) is 3.01. The first-order valence-electron chi connectivity index (χ1n) is 7.64. The van der Waals surface area contributed by atoms with Gasteiger partial charge < -0.3 is 10.4 Å². The molecule has 2 unspecified atom stereocenters. The molecule has 7 heteroatoms. The lowest BCUT2D eigenvalue weighted by atomic mass is 9.92. The molecule has 1 aliphatic rings. The predicted molar refractivity (Wildman–Crippen MR) is 86.2 cm³/mol. The number of anilines is 1. The van der Waals surface area contributed by atoms with Crippen LogP contribution in [0.25, 0.3) is 0 Å². The summed E-state index contributed by atoms with van der Waals surface area (Å²) in [7, 11) is 0. The molecule has 0 aliphatic carbocycles. The van der Waals surface area contributed by atoms with Crippen LogP contribution in [-0.2, 0) is 11.3 Å². The third-order valence-corrected chi connectivity index (χ3v) is 4.73. The summed E-state index contributed by atoms with van der Waals surface area (Å²) in [5, 5.41) is 12.3. The van der Waals surface area contributed by atoms with Gasteiger partial charge in [0.1, 0.15) is 0 Å². The van der Waals surface area contributed by atoms with Crippen LogP contribution in [0.2, 0.25) is 0 Å². The molecular weight excluding hydrogens is 302 g/mol. The number of carboxylic acids is 1. The molecule has 1 aliphatic heterocycles. The van der Waals surface area contributed by atoms with Crippen LogP contribution in [0.15, 0.2) is 0 Å². The summed E-state index contributed by atoms with van der Waals surface area (Å²) < 4.78 is 0. The summed E-state index contributed by atoms with van der Waals surface area (Å²) >= 11 is 1.26. The number of hydrogen-bond donors (Lipinski definition) is 2. The number of carbonyl (C=O) groups is 2. The molecule has 1 aromatic rings. The molecule has 2 heterocycles. The highest BCUT2D eigenvalue weighted by atomic mass is 32.1. The van der Waals surface area contributed by atoms with E-state index in [2.05, 4.69) is 29.0 Å². The SMILES string of the molecule is CCC(=O)Nc1nc(C(=O)O)c(CN2CC(C)CC(C)C2)s1. The lowest BCUT2D eigenvalue weighted by Crippen LogP contribution is -2.38. The fourth-order valence-corrected chi connectivity index (χ4v) is 4.02. The van der Waals surface area contributed by atoms with Crippen LogP contribution >= 0.6 is 11.3 Å². The number of nitrogens with zero attached hydrogens (tertiary/aromatic N) is 2. The van der Waals surface area contributed by atoms with Crippen molar-refractivity contribution in [3.63, 3.8) is 0 Å². The zero-order chi connectivity index (χ0) is 16.3. The molecule has 122 valence electrons. The Labute approximate surface area is 134 Å². The fraction of sp³-hybridized carbons (Fsp3) is 0.667. The number of aromatic carboxylic acids is 1. The van der Waals surface area contributed by atoms with Crippen molar-refractivity contribution >= 4 is 28.3 Å². The summed E-state index contributed by atoms with van der Waals surface area (Å²) in [5.74, 6) is 0.0345. The van der Waals surface area contributed by atoms with Crippen molar-refractivity contribution in [3.05, 3.63) is 10.6 Å². The number of nitrogens with one attached hydrogen (secondary N) is 1. The molecule has 22 heavy (non-hydrogen) atoms. The monoisotopic (exact) mass is 325 g/mol. The van der Waals surface area contributed by atoms with E-state index in [0.29, 0.717) is 34.8 Å². The number of carbonyl (C=O) groups excluding carboxylic acids is 1. The Hall–Kier alpha value is -1.47. The second-order valence-corrected chi connectivity index (χ2v) is 7.22. The zero-order valence-electron chi connectivity index (χ0n) is 13.3. The minimum atomic E-state index is -1.04. The molecule has 0 saturated carbocycles. The quantitative estimate of drug-likeness (QED) is 0.869. The van der Waals surface area contributed by atoms with Gasteiger partial charge in [-0.3, -0.25) is 9.69 Å². The van der Waals surface area contributed by atoms with Crippen molar-refractivity contribution in [2.75, 3.05) is 18.4 Å². The smallest absolute Gasteiger partial charge is 0.355 e. The highest BCUT2D eigenvalue weighted by Crippen LogP contribution is 2.28. The second kappa shape index (κ2) is 7.19. The van der Waals surface area contributed by atoms with E-state index < -0.39 is 5.97 Å². The van der Waals surface area contributed by atoms with Gasteiger partial charge in [0.25, 0.3) is 0 Å². The van der Waals surface area contributed by atoms with E-state index in [1.807, 2.05) is 0 Å². The van der Waals surface area contributed by atoms with Crippen LogP contribution in [0.4, 0.5) is 5.13 Å². The van der Waals surface area contributed by atoms with Gasteiger partial charge in [-0.2, -0.15) is 0 Å². The Bertz CT molecular complexity index is 548. The van der Waals surface area contributed by atoms with E-state index in [4.69, 9.17) is 0 Å². The number of aromatic nitrogens is 1. The average molecular weight is 325 g/mol. The molecule has 0 radical (unpaired) electrons. The number of thiazole rings is 1. The summed E-state index contributed by atoms with van der Waals surface area (Å²) in [4.78, 5) is 29.9. The second-order valence-electron chi connectivity index (χ2n) is 6.14. The van der Waals surface area contributed by atoms with E-state index in [1.165, 1.54) is 17.8 Å². The molecule has 6 nitrogen and oxygen atoms in total. The average Bonchev–Trinajstić information content (AvgIpc) is 2.80. The number of amides is 1. The Morgan fingerprint density at radius 3 is 2.55 bits per heavy atom. The van der Waals surface area contributed by atoms with Crippen molar-refractivity contribution in [1.29, 1.82) is 0 Å². The predicted octanol–water partition coefficient (Wildman–Crippen LogP) is 2.67. The van der Waals surface area contributed by atoms with Crippen LogP contribution in [0.1, 0.15) is 49.0 Å². The first-order valence-corrected chi connectivity index (χ1v) is 8.45. The third-order valence-electron chi connectivity index (χ3n) is 3.78. The molecule has 0 bridgehead atoms. The minimum absolute atomic E-state index is 0.0577. The van der Waals surface area contributed by atoms with Crippen LogP contribution in [0.3, 0.4) is 0 Å². The summed E-state index contributed by atoms with van der Waals surface area (Å²) in [6, 6.07) is 0. The zero-order valence-corrected chi connectivity index (χ0v) is 14.1. The highest BCUT2D eigenvalue weighted by Gasteiger charge is 2.25. The summed E-state index contributed by atoms with van der Waals surface area (Å²) in [6.07, 6.45) is 1.56. The molecule has 1 fully saturated rings. The standard InChI is InChI=1S/C15H23N3O3S/c1-4-12(19)16-15-17-13(14(20)21)11(22-15)8-18-6-9(2)5-10(3)7-18/h9-10H,4-8H2,1-3H3,(H,20,21)(H,16,17,19). The van der Waals surface area contributed by atoms with Crippen molar-refractivity contribution in [3.8, 4) is 0 Å². The van der Waals surface area contributed by atoms with Gasteiger partial charge in [-0.05, 0) is 18.3 Å². The number of carboxylic acid groups (broad SMARTS) is 1. The van der Waals surface area contributed by atoms with Crippen molar-refractivity contribution < 1.29 is 14.7 Å². The maximum absolute atomic E-state index is 11.4. The molecular formula is C15H23N3O3S. The van der Waals surface area contributed by atoms with Crippen molar-refractivity contribution in [2.24, 2.45) is 11.8 Å². The molecule has 0 spiro atoms. The van der Waals surface area contributed by atoms with Gasteiger partial charge in [-0.15, -0.1) is 0 Å². The van der Waals surface area contributed by atoms with E-state index in [1.54, 1.807) is 6.92 Å². The number of likely N-dealkylation sites (tertiary alicyclic amines) is 1. The van der Waals surface area contributed by atoms with Gasteiger partial charge in [0.15, 0.2) is 10.8 Å². The van der Waals surface area contributed by atoms with E-state index >= 15 is 0 Å². The maximum atomic E-state index is 11.4. The topological polar surface area (TPSA) is 82.5 Å². The van der Waals surface area contributed by atoms with Crippen LogP contribution in [0, 0.1) is 11.8 Å². The molecule has 1 aromatic heterocycles. The first-order chi connectivity index (χ1) is 10.4. The van der Waals surface area contributed by atoms with E-state index in [-0.39, 0.29) is 11.6 Å². The normalized spacial score (nSPS) is 22.5. The molecule has 1 amide bonds. The lowest BCUT2D eigenvalue weighted by Gasteiger charge is -2.34. The van der Waals surface area contributed by atoms with Gasteiger partial charge in [0.05, 0.1) is 4.88 Å². The van der Waals surface area contributed by atoms with Gasteiger partial charge >= 0.3 is 5.97 Å².